The highest BCUT2D eigenvalue weighted by Gasteiger charge is 2.43. The fourth-order valence-corrected chi connectivity index (χ4v) is 2.58. The van der Waals surface area contributed by atoms with Gasteiger partial charge in [0.25, 0.3) is 0 Å². The van der Waals surface area contributed by atoms with Gasteiger partial charge < -0.3 is 0 Å². The number of fused-ring (bicyclic) bond motifs is 1. The van der Waals surface area contributed by atoms with Gasteiger partial charge >= 0.3 is 0 Å². The minimum absolute atomic E-state index is 0.818. The largest absolute Gasteiger partial charge is 0.0594 e. The van der Waals surface area contributed by atoms with Gasteiger partial charge in [-0.3, -0.25) is 0 Å². The molecule has 52 valence electrons. The summed E-state index contributed by atoms with van der Waals surface area (Å²) < 4.78 is 0. The maximum absolute atomic E-state index is 2.49. The Kier molecular flexibility index (Phi) is 1.12. The van der Waals surface area contributed by atoms with E-state index in [4.69, 9.17) is 0 Å². The van der Waals surface area contributed by atoms with Crippen molar-refractivity contribution in [2.75, 3.05) is 0 Å². The molecule has 9 heavy (non-hydrogen) atoms. The van der Waals surface area contributed by atoms with E-state index in [0.717, 1.165) is 11.3 Å². The van der Waals surface area contributed by atoms with Gasteiger partial charge in [-0.15, -0.1) is 0 Å². The van der Waals surface area contributed by atoms with Crippen molar-refractivity contribution in [3.8, 4) is 0 Å². The SMILES string of the molecule is C[C@]12CCCCC1CC2. The molecule has 0 spiro atoms. The molecule has 1 unspecified atom stereocenters. The molecule has 2 aliphatic rings. The standard InChI is InChI=1S/C9H16/c1-9-6-3-2-4-8(9)5-7-9/h8H,2-7H2,1H3/t8?,9-/m1/s1. The Morgan fingerprint density at radius 2 is 2.00 bits per heavy atom. The third-order valence-electron chi connectivity index (χ3n) is 3.60. The van der Waals surface area contributed by atoms with Gasteiger partial charge in [-0.05, 0) is 37.0 Å². The summed E-state index contributed by atoms with van der Waals surface area (Å²) in [5.41, 5.74) is 0.818. The molecule has 0 aliphatic heterocycles. The summed E-state index contributed by atoms with van der Waals surface area (Å²) in [7, 11) is 0. The van der Waals surface area contributed by atoms with E-state index in [0.29, 0.717) is 0 Å². The van der Waals surface area contributed by atoms with Gasteiger partial charge in [0.15, 0.2) is 0 Å². The van der Waals surface area contributed by atoms with Crippen molar-refractivity contribution in [2.24, 2.45) is 11.3 Å². The minimum atomic E-state index is 0.818. The zero-order valence-corrected chi connectivity index (χ0v) is 6.32. The first-order valence-electron chi connectivity index (χ1n) is 4.31. The lowest BCUT2D eigenvalue weighted by molar-refractivity contribution is 0.00542. The molecule has 0 N–H and O–H groups in total. The summed E-state index contributed by atoms with van der Waals surface area (Å²) in [6.45, 7) is 2.49. The van der Waals surface area contributed by atoms with Crippen LogP contribution in [0.4, 0.5) is 0 Å². The Bertz CT molecular complexity index is 117. The summed E-state index contributed by atoms with van der Waals surface area (Å²) >= 11 is 0. The van der Waals surface area contributed by atoms with Crippen LogP contribution in [0.1, 0.15) is 45.4 Å². The highest BCUT2D eigenvalue weighted by Crippen LogP contribution is 2.54. The van der Waals surface area contributed by atoms with E-state index in [1.165, 1.54) is 38.5 Å². The fourth-order valence-electron chi connectivity index (χ4n) is 2.58. The highest BCUT2D eigenvalue weighted by molar-refractivity contribution is 4.94. The molecule has 2 fully saturated rings. The molecule has 0 bridgehead atoms. The second-order valence-corrected chi connectivity index (χ2v) is 4.14. The molecular formula is C9H16. The van der Waals surface area contributed by atoms with Crippen molar-refractivity contribution in [2.45, 2.75) is 45.4 Å². The average molecular weight is 124 g/mol. The van der Waals surface area contributed by atoms with Crippen LogP contribution in [0.15, 0.2) is 0 Å². The Labute approximate surface area is 57.6 Å². The molecule has 2 saturated carbocycles. The average Bonchev–Trinajstić information content (AvgIpc) is 1.82. The summed E-state index contributed by atoms with van der Waals surface area (Å²) in [5, 5.41) is 0. The van der Waals surface area contributed by atoms with Crippen molar-refractivity contribution in [1.29, 1.82) is 0 Å². The zero-order chi connectivity index (χ0) is 6.32. The van der Waals surface area contributed by atoms with Crippen LogP contribution >= 0.6 is 0 Å². The molecule has 0 amide bonds. The van der Waals surface area contributed by atoms with Gasteiger partial charge in [0.05, 0.1) is 0 Å². The summed E-state index contributed by atoms with van der Waals surface area (Å²) in [5.74, 6) is 1.13. The molecule has 0 heterocycles. The first kappa shape index (κ1) is 5.76. The monoisotopic (exact) mass is 124 g/mol. The van der Waals surface area contributed by atoms with Gasteiger partial charge in [-0.25, -0.2) is 0 Å². The second-order valence-electron chi connectivity index (χ2n) is 4.14. The Morgan fingerprint density at radius 1 is 1.11 bits per heavy atom. The van der Waals surface area contributed by atoms with Crippen molar-refractivity contribution < 1.29 is 0 Å². The molecule has 2 atom stereocenters. The maximum Gasteiger partial charge on any atom is -0.0297 e. The van der Waals surface area contributed by atoms with Crippen molar-refractivity contribution in [3.63, 3.8) is 0 Å². The van der Waals surface area contributed by atoms with E-state index in [9.17, 15) is 0 Å². The van der Waals surface area contributed by atoms with Crippen LogP contribution < -0.4 is 0 Å². The topological polar surface area (TPSA) is 0 Å². The number of hydrogen-bond donors (Lipinski definition) is 0. The van der Waals surface area contributed by atoms with Crippen LogP contribution in [-0.2, 0) is 0 Å². The summed E-state index contributed by atoms with van der Waals surface area (Å²) in [6.07, 6.45) is 9.15. The molecule has 0 saturated heterocycles. The van der Waals surface area contributed by atoms with Crippen LogP contribution in [0.2, 0.25) is 0 Å². The smallest absolute Gasteiger partial charge is 0.0297 e. The predicted molar refractivity (Wildman–Crippen MR) is 39.3 cm³/mol. The third kappa shape index (κ3) is 0.720. The van der Waals surface area contributed by atoms with Gasteiger partial charge in [-0.2, -0.15) is 0 Å². The van der Waals surface area contributed by atoms with Crippen molar-refractivity contribution >= 4 is 0 Å². The van der Waals surface area contributed by atoms with Crippen LogP contribution in [0.25, 0.3) is 0 Å². The van der Waals surface area contributed by atoms with Crippen LogP contribution in [0.3, 0.4) is 0 Å². The molecule has 0 radical (unpaired) electrons. The van der Waals surface area contributed by atoms with Gasteiger partial charge in [0.2, 0.25) is 0 Å². The molecule has 0 aromatic heterocycles. The van der Waals surface area contributed by atoms with E-state index in [2.05, 4.69) is 6.92 Å². The lowest BCUT2D eigenvalue weighted by Crippen LogP contribution is -2.39. The maximum atomic E-state index is 2.49. The molecule has 0 nitrogen and oxygen atoms in total. The minimum Gasteiger partial charge on any atom is -0.0594 e. The predicted octanol–water partition coefficient (Wildman–Crippen LogP) is 2.98. The van der Waals surface area contributed by atoms with Crippen molar-refractivity contribution in [3.05, 3.63) is 0 Å². The molecule has 0 aromatic carbocycles. The summed E-state index contributed by atoms with van der Waals surface area (Å²) in [6, 6.07) is 0. The third-order valence-corrected chi connectivity index (χ3v) is 3.60. The second kappa shape index (κ2) is 1.74. The van der Waals surface area contributed by atoms with Gasteiger partial charge in [0.1, 0.15) is 0 Å². The van der Waals surface area contributed by atoms with E-state index in [-0.39, 0.29) is 0 Å². The highest BCUT2D eigenvalue weighted by atomic mass is 14.5. The summed E-state index contributed by atoms with van der Waals surface area (Å²) in [4.78, 5) is 0. The van der Waals surface area contributed by atoms with E-state index >= 15 is 0 Å². The van der Waals surface area contributed by atoms with Gasteiger partial charge in [0, 0.05) is 0 Å². The van der Waals surface area contributed by atoms with E-state index < -0.39 is 0 Å². The molecule has 0 heteroatoms. The molecule has 2 rings (SSSR count). The van der Waals surface area contributed by atoms with E-state index in [1.807, 2.05) is 0 Å². The van der Waals surface area contributed by atoms with Crippen LogP contribution in [0.5, 0.6) is 0 Å². The van der Waals surface area contributed by atoms with Crippen molar-refractivity contribution in [1.82, 2.24) is 0 Å². The fraction of sp³-hybridized carbons (Fsp3) is 1.00. The lowest BCUT2D eigenvalue weighted by atomic mass is 9.55. The van der Waals surface area contributed by atoms with E-state index in [1.54, 1.807) is 0 Å². The number of hydrogen-bond acceptors (Lipinski definition) is 0. The van der Waals surface area contributed by atoms with Crippen LogP contribution in [-0.4, -0.2) is 0 Å². The molecule has 0 aromatic rings. The lowest BCUT2D eigenvalue weighted by Gasteiger charge is -2.50. The Morgan fingerprint density at radius 3 is 2.33 bits per heavy atom. The van der Waals surface area contributed by atoms with Crippen LogP contribution in [0, 0.1) is 11.3 Å². The Balaban J connectivity index is 2.05. The molecular weight excluding hydrogens is 108 g/mol. The normalized spacial score (nSPS) is 49.7. The quantitative estimate of drug-likeness (QED) is 0.465. The molecule has 2 aliphatic carbocycles. The van der Waals surface area contributed by atoms with Gasteiger partial charge in [-0.1, -0.05) is 19.8 Å². The first-order chi connectivity index (χ1) is 4.31. The number of rotatable bonds is 0. The Hall–Kier alpha value is 0. The first-order valence-corrected chi connectivity index (χ1v) is 4.31. The zero-order valence-electron chi connectivity index (χ0n) is 6.32.